The summed E-state index contributed by atoms with van der Waals surface area (Å²) >= 11 is 1.64. The van der Waals surface area contributed by atoms with Crippen LogP contribution in [0.25, 0.3) is 0 Å². The Morgan fingerprint density at radius 3 is 2.17 bits per heavy atom. The zero-order valence-electron chi connectivity index (χ0n) is 7.66. The Morgan fingerprint density at radius 2 is 1.75 bits per heavy atom. The number of hydrogen-bond donors (Lipinski definition) is 1. The molecule has 0 aromatic rings. The molecule has 1 aliphatic carbocycles. The van der Waals surface area contributed by atoms with Gasteiger partial charge in [0, 0.05) is 0 Å². The SMILES string of the molecule is CC(C)(C)C12C=CC=CC1(O)S2. The molecule has 0 aromatic heterocycles. The third-order valence-electron chi connectivity index (χ3n) is 2.69. The highest BCUT2D eigenvalue weighted by atomic mass is 32.2. The maximum absolute atomic E-state index is 10.1. The van der Waals surface area contributed by atoms with Crippen LogP contribution in [-0.2, 0) is 0 Å². The minimum absolute atomic E-state index is 0.0747. The molecule has 0 spiro atoms. The lowest BCUT2D eigenvalue weighted by atomic mass is 9.75. The van der Waals surface area contributed by atoms with Crippen LogP contribution in [0, 0.1) is 5.41 Å². The van der Waals surface area contributed by atoms with Crippen LogP contribution < -0.4 is 0 Å². The van der Waals surface area contributed by atoms with Crippen molar-refractivity contribution in [3.05, 3.63) is 24.3 Å². The molecular formula is C10H14OS. The van der Waals surface area contributed by atoms with E-state index in [1.807, 2.05) is 18.2 Å². The first-order valence-corrected chi connectivity index (χ1v) is 5.03. The number of aliphatic hydroxyl groups is 1. The highest BCUT2D eigenvalue weighted by molar-refractivity contribution is 8.10. The van der Waals surface area contributed by atoms with E-state index in [0.29, 0.717) is 0 Å². The fraction of sp³-hybridized carbons (Fsp3) is 0.600. The molecular weight excluding hydrogens is 168 g/mol. The van der Waals surface area contributed by atoms with Crippen LogP contribution in [-0.4, -0.2) is 14.8 Å². The largest absolute Gasteiger partial charge is 0.374 e. The lowest BCUT2D eigenvalue weighted by Gasteiger charge is -2.29. The molecule has 0 radical (unpaired) electrons. The molecule has 0 saturated carbocycles. The van der Waals surface area contributed by atoms with Crippen LogP contribution in [0.3, 0.4) is 0 Å². The average molecular weight is 182 g/mol. The summed E-state index contributed by atoms with van der Waals surface area (Å²) < 4.78 is -0.0747. The van der Waals surface area contributed by atoms with Crippen LogP contribution in [0.2, 0.25) is 0 Å². The summed E-state index contributed by atoms with van der Waals surface area (Å²) in [6.07, 6.45) is 7.96. The fourth-order valence-electron chi connectivity index (χ4n) is 1.85. The molecule has 1 fully saturated rings. The maximum atomic E-state index is 10.1. The molecule has 2 unspecified atom stereocenters. The molecule has 2 rings (SSSR count). The first kappa shape index (κ1) is 8.39. The van der Waals surface area contributed by atoms with E-state index in [1.165, 1.54) is 0 Å². The van der Waals surface area contributed by atoms with Crippen molar-refractivity contribution in [1.82, 2.24) is 0 Å². The number of thioether (sulfide) groups is 1. The first-order valence-electron chi connectivity index (χ1n) is 4.21. The molecule has 2 heteroatoms. The van der Waals surface area contributed by atoms with E-state index in [0.717, 1.165) is 0 Å². The third kappa shape index (κ3) is 0.798. The van der Waals surface area contributed by atoms with Crippen molar-refractivity contribution in [1.29, 1.82) is 0 Å². The van der Waals surface area contributed by atoms with E-state index in [1.54, 1.807) is 11.8 Å². The highest BCUT2D eigenvalue weighted by Gasteiger charge is 2.71. The Kier molecular flexibility index (Phi) is 1.39. The maximum Gasteiger partial charge on any atom is 0.149 e. The second kappa shape index (κ2) is 1.99. The smallest absolute Gasteiger partial charge is 0.149 e. The molecule has 66 valence electrons. The predicted molar refractivity (Wildman–Crippen MR) is 53.0 cm³/mol. The normalized spacial score (nSPS) is 44.3. The van der Waals surface area contributed by atoms with E-state index >= 15 is 0 Å². The minimum Gasteiger partial charge on any atom is -0.374 e. The Balaban J connectivity index is 2.39. The second-order valence-corrected chi connectivity index (χ2v) is 5.97. The number of rotatable bonds is 0. The van der Waals surface area contributed by atoms with Crippen molar-refractivity contribution < 1.29 is 5.11 Å². The molecule has 1 aliphatic heterocycles. The minimum atomic E-state index is -0.625. The van der Waals surface area contributed by atoms with Gasteiger partial charge < -0.3 is 5.11 Å². The molecule has 0 bridgehead atoms. The summed E-state index contributed by atoms with van der Waals surface area (Å²) in [6.45, 7) is 6.50. The summed E-state index contributed by atoms with van der Waals surface area (Å²) in [5, 5.41) is 10.1. The van der Waals surface area contributed by atoms with E-state index in [4.69, 9.17) is 0 Å². The van der Waals surface area contributed by atoms with Gasteiger partial charge in [-0.15, -0.1) is 11.8 Å². The monoisotopic (exact) mass is 182 g/mol. The van der Waals surface area contributed by atoms with Gasteiger partial charge in [0.15, 0.2) is 0 Å². The van der Waals surface area contributed by atoms with Crippen LogP contribution >= 0.6 is 11.8 Å². The van der Waals surface area contributed by atoms with Crippen LogP contribution in [0.5, 0.6) is 0 Å². The molecule has 12 heavy (non-hydrogen) atoms. The second-order valence-electron chi connectivity index (χ2n) is 4.50. The molecule has 1 heterocycles. The summed E-state index contributed by atoms with van der Waals surface area (Å²) in [7, 11) is 0. The van der Waals surface area contributed by atoms with Gasteiger partial charge >= 0.3 is 0 Å². The molecule has 1 N–H and O–H groups in total. The average Bonchev–Trinajstić information content (AvgIpc) is 2.54. The molecule has 2 aliphatic rings. The van der Waals surface area contributed by atoms with Crippen molar-refractivity contribution in [2.75, 3.05) is 0 Å². The van der Waals surface area contributed by atoms with Gasteiger partial charge in [-0.3, -0.25) is 0 Å². The fourth-order valence-corrected chi connectivity index (χ4v) is 3.33. The zero-order valence-corrected chi connectivity index (χ0v) is 8.48. The van der Waals surface area contributed by atoms with Gasteiger partial charge in [0.25, 0.3) is 0 Å². The summed E-state index contributed by atoms with van der Waals surface area (Å²) in [5.74, 6) is 0. The van der Waals surface area contributed by atoms with Crippen molar-refractivity contribution in [2.24, 2.45) is 5.41 Å². The van der Waals surface area contributed by atoms with Crippen LogP contribution in [0.1, 0.15) is 20.8 Å². The van der Waals surface area contributed by atoms with E-state index in [2.05, 4.69) is 26.8 Å². The van der Waals surface area contributed by atoms with E-state index in [-0.39, 0.29) is 10.2 Å². The molecule has 1 saturated heterocycles. The van der Waals surface area contributed by atoms with Gasteiger partial charge in [-0.05, 0) is 11.5 Å². The zero-order chi connectivity index (χ0) is 9.04. The van der Waals surface area contributed by atoms with Crippen LogP contribution in [0.4, 0.5) is 0 Å². The van der Waals surface area contributed by atoms with Gasteiger partial charge in [-0.25, -0.2) is 0 Å². The number of hydrogen-bond acceptors (Lipinski definition) is 2. The first-order chi connectivity index (χ1) is 5.41. The predicted octanol–water partition coefficient (Wildman–Crippen LogP) is 2.33. The Bertz CT molecular complexity index is 274. The van der Waals surface area contributed by atoms with Gasteiger partial charge in [0.05, 0.1) is 4.75 Å². The molecule has 2 atom stereocenters. The van der Waals surface area contributed by atoms with Gasteiger partial charge in [0.2, 0.25) is 0 Å². The standard InChI is InChI=1S/C10H14OS/c1-8(2,3)9-6-4-5-7-10(9,11)12-9/h4-7,11H,1-3H3. The summed E-state index contributed by atoms with van der Waals surface area (Å²) in [6, 6.07) is 0. The van der Waals surface area contributed by atoms with Crippen LogP contribution in [0.15, 0.2) is 24.3 Å². The van der Waals surface area contributed by atoms with Crippen molar-refractivity contribution in [2.45, 2.75) is 30.5 Å². The Labute approximate surface area is 77.6 Å². The van der Waals surface area contributed by atoms with Crippen molar-refractivity contribution in [3.63, 3.8) is 0 Å². The van der Waals surface area contributed by atoms with Gasteiger partial charge in [-0.2, -0.15) is 0 Å². The summed E-state index contributed by atoms with van der Waals surface area (Å²) in [4.78, 5) is -0.625. The lowest BCUT2D eigenvalue weighted by molar-refractivity contribution is 0.148. The number of allylic oxidation sites excluding steroid dienone is 2. The van der Waals surface area contributed by atoms with Crippen molar-refractivity contribution in [3.8, 4) is 0 Å². The van der Waals surface area contributed by atoms with E-state index < -0.39 is 4.93 Å². The third-order valence-corrected chi connectivity index (χ3v) is 4.63. The molecule has 0 amide bonds. The van der Waals surface area contributed by atoms with Gasteiger partial charge in [0.1, 0.15) is 4.93 Å². The Hall–Kier alpha value is -0.210. The molecule has 1 nitrogen and oxygen atoms in total. The quantitative estimate of drug-likeness (QED) is 0.580. The van der Waals surface area contributed by atoms with Crippen molar-refractivity contribution >= 4 is 11.8 Å². The number of fused-ring (bicyclic) bond motifs is 1. The van der Waals surface area contributed by atoms with E-state index in [9.17, 15) is 5.11 Å². The van der Waals surface area contributed by atoms with Gasteiger partial charge in [-0.1, -0.05) is 39.0 Å². The molecule has 0 aromatic carbocycles. The highest BCUT2D eigenvalue weighted by Crippen LogP contribution is 2.72. The Morgan fingerprint density at radius 1 is 1.17 bits per heavy atom. The topological polar surface area (TPSA) is 20.2 Å². The summed E-state index contributed by atoms with van der Waals surface area (Å²) in [5.41, 5.74) is 0.119. The lowest BCUT2D eigenvalue weighted by Crippen LogP contribution is -2.36.